The number of benzene rings is 1. The number of ether oxygens (including phenoxy) is 1. The summed E-state index contributed by atoms with van der Waals surface area (Å²) in [7, 11) is 0. The van der Waals surface area contributed by atoms with Crippen LogP contribution >= 0.6 is 27.7 Å². The third kappa shape index (κ3) is 6.21. The van der Waals surface area contributed by atoms with Gasteiger partial charge in [-0.2, -0.15) is 4.98 Å². The van der Waals surface area contributed by atoms with Gasteiger partial charge in [-0.15, -0.1) is 0 Å². The molecule has 7 nitrogen and oxygen atoms in total. The highest BCUT2D eigenvalue weighted by Gasteiger charge is 2.21. The largest absolute Gasteiger partial charge is 0.379 e. The van der Waals surface area contributed by atoms with Gasteiger partial charge in [0.25, 0.3) is 0 Å². The SMILES string of the molecule is O=C(CSc1nc(=O)n(CCCN2CCOCC2)c2c1CCCC2)Nc1ccc(Br)cc1. The molecule has 1 amide bonds. The quantitative estimate of drug-likeness (QED) is 0.424. The number of halogens is 1. The first-order valence-electron chi connectivity index (χ1n) is 11.2. The van der Waals surface area contributed by atoms with Crippen molar-refractivity contribution >= 4 is 39.3 Å². The summed E-state index contributed by atoms with van der Waals surface area (Å²) in [6, 6.07) is 7.48. The molecule has 1 aliphatic carbocycles. The van der Waals surface area contributed by atoms with Crippen molar-refractivity contribution in [3.63, 3.8) is 0 Å². The smallest absolute Gasteiger partial charge is 0.348 e. The normalized spacial score (nSPS) is 16.5. The molecule has 0 spiro atoms. The number of hydrogen-bond donors (Lipinski definition) is 1. The standard InChI is InChI=1S/C23H29BrN4O3S/c24-17-6-8-18(9-7-17)25-21(29)16-32-22-19-4-1-2-5-20(19)28(23(30)26-22)11-3-10-27-12-14-31-15-13-27/h6-9H,1-5,10-16H2,(H,25,29). The summed E-state index contributed by atoms with van der Waals surface area (Å²) in [6.07, 6.45) is 4.94. The van der Waals surface area contributed by atoms with Crippen molar-refractivity contribution in [2.24, 2.45) is 0 Å². The van der Waals surface area contributed by atoms with E-state index in [9.17, 15) is 9.59 Å². The van der Waals surface area contributed by atoms with Crippen molar-refractivity contribution in [2.75, 3.05) is 43.9 Å². The zero-order valence-corrected chi connectivity index (χ0v) is 20.5. The van der Waals surface area contributed by atoms with Gasteiger partial charge in [-0.05, 0) is 56.4 Å². The first-order valence-corrected chi connectivity index (χ1v) is 13.0. The van der Waals surface area contributed by atoms with Crippen molar-refractivity contribution in [1.82, 2.24) is 14.5 Å². The van der Waals surface area contributed by atoms with Gasteiger partial charge in [-0.1, -0.05) is 27.7 Å². The van der Waals surface area contributed by atoms with Crippen molar-refractivity contribution in [1.29, 1.82) is 0 Å². The van der Waals surface area contributed by atoms with Gasteiger partial charge in [0.1, 0.15) is 5.03 Å². The number of carbonyl (C=O) groups excluding carboxylic acids is 1. The molecule has 1 N–H and O–H groups in total. The van der Waals surface area contributed by atoms with E-state index in [2.05, 4.69) is 31.1 Å². The topological polar surface area (TPSA) is 76.5 Å². The van der Waals surface area contributed by atoms with Gasteiger partial charge < -0.3 is 10.1 Å². The first kappa shape index (κ1) is 23.5. The summed E-state index contributed by atoms with van der Waals surface area (Å²) in [5.74, 6) is 0.133. The molecule has 2 aliphatic rings. The van der Waals surface area contributed by atoms with Crippen LogP contribution in [0.2, 0.25) is 0 Å². The molecule has 9 heteroatoms. The second-order valence-corrected chi connectivity index (χ2v) is 10.0. The van der Waals surface area contributed by atoms with Crippen LogP contribution in [0.4, 0.5) is 5.69 Å². The third-order valence-corrected chi connectivity index (χ3v) is 7.42. The average molecular weight is 521 g/mol. The molecule has 1 aromatic heterocycles. The fourth-order valence-electron chi connectivity index (χ4n) is 4.24. The van der Waals surface area contributed by atoms with Crippen LogP contribution in [0.5, 0.6) is 0 Å². The molecule has 4 rings (SSSR count). The number of anilines is 1. The number of morpholine rings is 1. The molecule has 0 bridgehead atoms. The molecule has 0 radical (unpaired) electrons. The zero-order valence-electron chi connectivity index (χ0n) is 18.1. The predicted molar refractivity (Wildman–Crippen MR) is 131 cm³/mol. The first-order chi connectivity index (χ1) is 15.6. The molecule has 2 heterocycles. The van der Waals surface area contributed by atoms with Crippen molar-refractivity contribution in [2.45, 2.75) is 43.7 Å². The molecule has 1 saturated heterocycles. The van der Waals surface area contributed by atoms with Crippen LogP contribution in [0.25, 0.3) is 0 Å². The molecule has 0 saturated carbocycles. The minimum Gasteiger partial charge on any atom is -0.379 e. The zero-order chi connectivity index (χ0) is 22.3. The molecular formula is C23H29BrN4O3S. The van der Waals surface area contributed by atoms with Gasteiger partial charge in [0.2, 0.25) is 5.91 Å². The van der Waals surface area contributed by atoms with Crippen molar-refractivity contribution in [3.05, 3.63) is 50.5 Å². The number of rotatable bonds is 8. The monoisotopic (exact) mass is 520 g/mol. The molecule has 1 aromatic carbocycles. The highest BCUT2D eigenvalue weighted by Crippen LogP contribution is 2.28. The van der Waals surface area contributed by atoms with Crippen LogP contribution in [0.3, 0.4) is 0 Å². The number of fused-ring (bicyclic) bond motifs is 1. The Bertz CT molecular complexity index is 990. The predicted octanol–water partition coefficient (Wildman–Crippen LogP) is 3.34. The van der Waals surface area contributed by atoms with Crippen LogP contribution in [-0.2, 0) is 28.9 Å². The molecule has 172 valence electrons. The Hall–Kier alpha value is -1.68. The van der Waals surface area contributed by atoms with E-state index in [-0.39, 0.29) is 17.3 Å². The van der Waals surface area contributed by atoms with E-state index in [4.69, 9.17) is 4.74 Å². The van der Waals surface area contributed by atoms with Crippen LogP contribution in [-0.4, -0.2) is 59.0 Å². The Balaban J connectivity index is 1.40. The van der Waals surface area contributed by atoms with E-state index in [0.717, 1.165) is 91.4 Å². The lowest BCUT2D eigenvalue weighted by molar-refractivity contribution is -0.113. The molecular weight excluding hydrogens is 492 g/mol. The fourth-order valence-corrected chi connectivity index (χ4v) is 5.38. The molecule has 0 unspecified atom stereocenters. The van der Waals surface area contributed by atoms with Crippen molar-refractivity contribution < 1.29 is 9.53 Å². The number of nitrogens with zero attached hydrogens (tertiary/aromatic N) is 3. The second-order valence-electron chi connectivity index (χ2n) is 8.13. The lowest BCUT2D eigenvalue weighted by Crippen LogP contribution is -2.38. The summed E-state index contributed by atoms with van der Waals surface area (Å²) in [5.41, 5.74) is 2.84. The van der Waals surface area contributed by atoms with E-state index in [0.29, 0.717) is 6.54 Å². The Morgan fingerprint density at radius 1 is 1.12 bits per heavy atom. The molecule has 1 fully saturated rings. The van der Waals surface area contributed by atoms with E-state index < -0.39 is 0 Å². The molecule has 2 aromatic rings. The summed E-state index contributed by atoms with van der Waals surface area (Å²) in [5, 5.41) is 3.62. The number of carbonyl (C=O) groups is 1. The van der Waals surface area contributed by atoms with E-state index in [1.54, 1.807) is 0 Å². The van der Waals surface area contributed by atoms with Crippen LogP contribution in [0.1, 0.15) is 30.5 Å². The Morgan fingerprint density at radius 2 is 1.88 bits per heavy atom. The van der Waals surface area contributed by atoms with Crippen molar-refractivity contribution in [3.8, 4) is 0 Å². The highest BCUT2D eigenvalue weighted by atomic mass is 79.9. The van der Waals surface area contributed by atoms with Gasteiger partial charge in [0, 0.05) is 47.6 Å². The number of hydrogen-bond acceptors (Lipinski definition) is 6. The van der Waals surface area contributed by atoms with Crippen LogP contribution < -0.4 is 11.0 Å². The Kier molecular flexibility index (Phi) is 8.40. The number of thioether (sulfide) groups is 1. The number of nitrogens with one attached hydrogen (secondary N) is 1. The highest BCUT2D eigenvalue weighted by molar-refractivity contribution is 9.10. The average Bonchev–Trinajstić information content (AvgIpc) is 2.81. The second kappa shape index (κ2) is 11.4. The maximum atomic E-state index is 12.9. The van der Waals surface area contributed by atoms with E-state index in [1.807, 2.05) is 28.8 Å². The number of amides is 1. The van der Waals surface area contributed by atoms with E-state index >= 15 is 0 Å². The summed E-state index contributed by atoms with van der Waals surface area (Å²) in [6.45, 7) is 5.17. The van der Waals surface area contributed by atoms with Gasteiger partial charge in [0.05, 0.1) is 19.0 Å². The minimum absolute atomic E-state index is 0.0987. The summed E-state index contributed by atoms with van der Waals surface area (Å²) >= 11 is 4.76. The Morgan fingerprint density at radius 3 is 2.66 bits per heavy atom. The Labute approximate surface area is 201 Å². The minimum atomic E-state index is -0.191. The summed E-state index contributed by atoms with van der Waals surface area (Å²) < 4.78 is 8.25. The van der Waals surface area contributed by atoms with Crippen LogP contribution in [0, 0.1) is 0 Å². The van der Waals surface area contributed by atoms with Gasteiger partial charge in [-0.25, -0.2) is 4.79 Å². The van der Waals surface area contributed by atoms with Gasteiger partial charge in [0.15, 0.2) is 0 Å². The number of aromatic nitrogens is 2. The lowest BCUT2D eigenvalue weighted by atomic mass is 9.97. The van der Waals surface area contributed by atoms with Crippen LogP contribution in [0.15, 0.2) is 38.6 Å². The lowest BCUT2D eigenvalue weighted by Gasteiger charge is -2.27. The molecule has 0 atom stereocenters. The molecule has 32 heavy (non-hydrogen) atoms. The van der Waals surface area contributed by atoms with Gasteiger partial charge >= 0.3 is 5.69 Å². The maximum absolute atomic E-state index is 12.9. The third-order valence-electron chi connectivity index (χ3n) is 5.88. The maximum Gasteiger partial charge on any atom is 0.348 e. The van der Waals surface area contributed by atoms with Gasteiger partial charge in [-0.3, -0.25) is 14.3 Å². The summed E-state index contributed by atoms with van der Waals surface area (Å²) in [4.78, 5) is 32.1. The van der Waals surface area contributed by atoms with E-state index in [1.165, 1.54) is 11.8 Å². The fraction of sp³-hybridized carbons (Fsp3) is 0.522. The molecule has 1 aliphatic heterocycles.